The normalized spacial score (nSPS) is 11.5. The first kappa shape index (κ1) is 17.3. The summed E-state index contributed by atoms with van der Waals surface area (Å²) < 4.78 is 4.72. The highest BCUT2D eigenvalue weighted by molar-refractivity contribution is 6.32. The SMILES string of the molecule is Cn1ncc2c1ncn1nc(-c3cccc(Cn4cc(Cl)c([N+](=O)[O-])n4)c3)nc21. The van der Waals surface area contributed by atoms with Crippen LogP contribution in [0.15, 0.2) is 43.0 Å². The van der Waals surface area contributed by atoms with Gasteiger partial charge in [0.05, 0.1) is 29.4 Å². The maximum Gasteiger partial charge on any atom is 0.408 e. The first-order chi connectivity index (χ1) is 14.0. The Kier molecular flexibility index (Phi) is 3.77. The van der Waals surface area contributed by atoms with Gasteiger partial charge >= 0.3 is 5.82 Å². The van der Waals surface area contributed by atoms with E-state index in [1.54, 1.807) is 21.7 Å². The molecule has 0 aliphatic heterocycles. The van der Waals surface area contributed by atoms with Crippen molar-refractivity contribution >= 4 is 34.1 Å². The third-order valence-electron chi connectivity index (χ3n) is 4.47. The molecule has 11 nitrogen and oxygen atoms in total. The lowest BCUT2D eigenvalue weighted by Crippen LogP contribution is -2.01. The monoisotopic (exact) mass is 409 g/mol. The van der Waals surface area contributed by atoms with E-state index >= 15 is 0 Å². The molecule has 0 bridgehead atoms. The van der Waals surface area contributed by atoms with Gasteiger partial charge in [0.2, 0.25) is 0 Å². The molecule has 0 N–H and O–H groups in total. The molecular formula is C17H12ClN9O2. The summed E-state index contributed by atoms with van der Waals surface area (Å²) in [6.07, 6.45) is 4.74. The second kappa shape index (κ2) is 6.34. The van der Waals surface area contributed by atoms with Crippen molar-refractivity contribution in [1.29, 1.82) is 0 Å². The molecule has 29 heavy (non-hydrogen) atoms. The van der Waals surface area contributed by atoms with Gasteiger partial charge in [0.15, 0.2) is 22.1 Å². The standard InChI is InChI=1S/C17H12ClN9O2/c1-24-15-12(6-20-24)16-21-14(22-26(16)9-19-15)11-4-2-3-10(5-11)7-25-8-13(18)17(23-25)27(28)29/h2-6,8-9H,7H2,1H3. The van der Waals surface area contributed by atoms with Gasteiger partial charge in [-0.2, -0.15) is 9.78 Å². The summed E-state index contributed by atoms with van der Waals surface area (Å²) in [7, 11) is 1.82. The average molecular weight is 410 g/mol. The molecule has 4 heterocycles. The number of fused-ring (bicyclic) bond motifs is 3. The van der Waals surface area contributed by atoms with Crippen LogP contribution in [0.25, 0.3) is 28.1 Å². The summed E-state index contributed by atoms with van der Waals surface area (Å²) in [6.45, 7) is 0.323. The summed E-state index contributed by atoms with van der Waals surface area (Å²) in [5.41, 5.74) is 3.07. The van der Waals surface area contributed by atoms with E-state index in [4.69, 9.17) is 11.6 Å². The van der Waals surface area contributed by atoms with Crippen molar-refractivity contribution in [3.8, 4) is 11.4 Å². The Hall–Kier alpha value is -3.86. The van der Waals surface area contributed by atoms with Crippen LogP contribution in [0.5, 0.6) is 0 Å². The fraction of sp³-hybridized carbons (Fsp3) is 0.118. The van der Waals surface area contributed by atoms with Crippen molar-refractivity contribution in [2.75, 3.05) is 0 Å². The molecule has 0 amide bonds. The summed E-state index contributed by atoms with van der Waals surface area (Å²) in [5.74, 6) is 0.173. The van der Waals surface area contributed by atoms with Crippen LogP contribution in [0.4, 0.5) is 5.82 Å². The highest BCUT2D eigenvalue weighted by Crippen LogP contribution is 2.24. The van der Waals surface area contributed by atoms with Crippen LogP contribution >= 0.6 is 11.6 Å². The van der Waals surface area contributed by atoms with Gasteiger partial charge in [0.1, 0.15) is 6.33 Å². The number of nitro groups is 1. The molecule has 4 aromatic heterocycles. The Morgan fingerprint density at radius 2 is 2.10 bits per heavy atom. The Balaban J connectivity index is 1.51. The molecular weight excluding hydrogens is 398 g/mol. The van der Waals surface area contributed by atoms with Crippen LogP contribution in [0, 0.1) is 10.1 Å². The van der Waals surface area contributed by atoms with E-state index in [1.807, 2.05) is 31.3 Å². The second-order valence-electron chi connectivity index (χ2n) is 6.41. The van der Waals surface area contributed by atoms with Crippen molar-refractivity contribution in [3.05, 3.63) is 63.7 Å². The summed E-state index contributed by atoms with van der Waals surface area (Å²) in [6, 6.07) is 7.56. The van der Waals surface area contributed by atoms with Crippen molar-refractivity contribution in [3.63, 3.8) is 0 Å². The third-order valence-corrected chi connectivity index (χ3v) is 4.74. The fourth-order valence-corrected chi connectivity index (χ4v) is 3.37. The van der Waals surface area contributed by atoms with Gasteiger partial charge in [-0.3, -0.25) is 4.68 Å². The van der Waals surface area contributed by atoms with E-state index in [2.05, 4.69) is 25.3 Å². The minimum absolute atomic E-state index is 0.00107. The van der Waals surface area contributed by atoms with Crippen molar-refractivity contribution in [2.45, 2.75) is 6.54 Å². The zero-order valence-electron chi connectivity index (χ0n) is 15.0. The molecule has 0 fully saturated rings. The van der Waals surface area contributed by atoms with Gasteiger partial charge < -0.3 is 10.1 Å². The molecule has 0 aliphatic carbocycles. The van der Waals surface area contributed by atoms with Crippen LogP contribution in [-0.4, -0.2) is 44.1 Å². The maximum atomic E-state index is 10.9. The van der Waals surface area contributed by atoms with Crippen LogP contribution in [0.1, 0.15) is 5.56 Å². The van der Waals surface area contributed by atoms with E-state index in [0.29, 0.717) is 18.0 Å². The number of halogens is 1. The lowest BCUT2D eigenvalue weighted by atomic mass is 10.1. The van der Waals surface area contributed by atoms with Gasteiger partial charge in [-0.05, 0) is 16.6 Å². The summed E-state index contributed by atoms with van der Waals surface area (Å²) in [5, 5.41) is 24.4. The topological polar surface area (TPSA) is 122 Å². The third kappa shape index (κ3) is 2.88. The molecule has 1 aromatic carbocycles. The highest BCUT2D eigenvalue weighted by atomic mass is 35.5. The lowest BCUT2D eigenvalue weighted by molar-refractivity contribution is -0.389. The Labute approximate surface area is 167 Å². The van der Waals surface area contributed by atoms with Gasteiger partial charge in [-0.1, -0.05) is 29.8 Å². The van der Waals surface area contributed by atoms with Gasteiger partial charge in [-0.25, -0.2) is 14.5 Å². The van der Waals surface area contributed by atoms with E-state index in [-0.39, 0.29) is 10.8 Å². The molecule has 144 valence electrons. The van der Waals surface area contributed by atoms with Crippen molar-refractivity contribution < 1.29 is 4.92 Å². The Morgan fingerprint density at radius 1 is 1.24 bits per heavy atom. The molecule has 0 saturated carbocycles. The van der Waals surface area contributed by atoms with Gasteiger partial charge in [0, 0.05) is 12.6 Å². The summed E-state index contributed by atoms with van der Waals surface area (Å²) in [4.78, 5) is 19.3. The largest absolute Gasteiger partial charge is 0.408 e. The second-order valence-corrected chi connectivity index (χ2v) is 6.82. The summed E-state index contributed by atoms with van der Waals surface area (Å²) >= 11 is 5.87. The first-order valence-corrected chi connectivity index (χ1v) is 8.87. The Morgan fingerprint density at radius 3 is 2.90 bits per heavy atom. The van der Waals surface area contributed by atoms with Crippen LogP contribution in [0.2, 0.25) is 5.02 Å². The van der Waals surface area contributed by atoms with Crippen LogP contribution in [-0.2, 0) is 13.6 Å². The van der Waals surface area contributed by atoms with Crippen LogP contribution in [0.3, 0.4) is 0 Å². The number of nitrogens with zero attached hydrogens (tertiary/aromatic N) is 9. The molecule has 0 spiro atoms. The van der Waals surface area contributed by atoms with E-state index in [0.717, 1.165) is 22.2 Å². The van der Waals surface area contributed by atoms with Crippen LogP contribution < -0.4 is 0 Å². The molecule has 0 unspecified atom stereocenters. The van der Waals surface area contributed by atoms with Crippen molar-refractivity contribution in [1.82, 2.24) is 39.1 Å². The zero-order valence-corrected chi connectivity index (χ0v) is 15.7. The minimum atomic E-state index is -0.608. The quantitative estimate of drug-likeness (QED) is 0.330. The number of rotatable bonds is 4. The van der Waals surface area contributed by atoms with Crippen molar-refractivity contribution in [2.24, 2.45) is 7.05 Å². The Bertz CT molecular complexity index is 1400. The van der Waals surface area contributed by atoms with E-state index < -0.39 is 4.92 Å². The van der Waals surface area contributed by atoms with Gasteiger partial charge in [0.25, 0.3) is 0 Å². The smallest absolute Gasteiger partial charge is 0.358 e. The maximum absolute atomic E-state index is 10.9. The molecule has 12 heteroatoms. The van der Waals surface area contributed by atoms with E-state index in [1.165, 1.54) is 10.9 Å². The molecule has 5 aromatic rings. The molecule has 0 radical (unpaired) electrons. The minimum Gasteiger partial charge on any atom is -0.358 e. The number of hydrogen-bond donors (Lipinski definition) is 0. The number of hydrogen-bond acceptors (Lipinski definition) is 7. The fourth-order valence-electron chi connectivity index (χ4n) is 3.15. The predicted octanol–water partition coefficient (Wildman–Crippen LogP) is 2.48. The zero-order chi connectivity index (χ0) is 20.1. The lowest BCUT2D eigenvalue weighted by Gasteiger charge is -2.01. The number of benzene rings is 1. The number of aromatic nitrogens is 8. The predicted molar refractivity (Wildman–Crippen MR) is 103 cm³/mol. The number of aryl methyl sites for hydroxylation is 1. The molecule has 0 atom stereocenters. The van der Waals surface area contributed by atoms with Gasteiger partial charge in [-0.15, -0.1) is 5.10 Å². The average Bonchev–Trinajstić information content (AvgIpc) is 3.38. The first-order valence-electron chi connectivity index (χ1n) is 8.49. The van der Waals surface area contributed by atoms with E-state index in [9.17, 15) is 10.1 Å². The highest BCUT2D eigenvalue weighted by Gasteiger charge is 2.19. The molecule has 0 aliphatic rings. The molecule has 0 saturated heterocycles. The molecule has 5 rings (SSSR count).